The predicted molar refractivity (Wildman–Crippen MR) is 79.6 cm³/mol. The highest BCUT2D eigenvalue weighted by Gasteiger charge is 2.39. The summed E-state index contributed by atoms with van der Waals surface area (Å²) in [5, 5.41) is 9.55. The molecule has 0 radical (unpaired) electrons. The van der Waals surface area contributed by atoms with Gasteiger partial charge in [0.25, 0.3) is 0 Å². The maximum atomic E-state index is 12.8. The van der Waals surface area contributed by atoms with Crippen molar-refractivity contribution in [2.75, 3.05) is 13.1 Å². The average Bonchev–Trinajstić information content (AvgIpc) is 2.43. The van der Waals surface area contributed by atoms with Crippen molar-refractivity contribution in [3.8, 4) is 6.07 Å². The lowest BCUT2D eigenvalue weighted by atomic mass is 9.79. The smallest absolute Gasteiger partial charge is 0.243 e. The Hall–Kier alpha value is -1.04. The van der Waals surface area contributed by atoms with Crippen molar-refractivity contribution in [3.05, 3.63) is 0 Å². The normalized spacial score (nSPS) is 12.8. The number of nitrogens with zero attached hydrogens (tertiary/aromatic N) is 2. The molecule has 1 amide bonds. The van der Waals surface area contributed by atoms with E-state index in [-0.39, 0.29) is 5.91 Å². The van der Waals surface area contributed by atoms with E-state index in [1.165, 1.54) is 0 Å². The molecule has 0 saturated heterocycles. The van der Waals surface area contributed by atoms with Crippen LogP contribution >= 0.6 is 0 Å². The quantitative estimate of drug-likeness (QED) is 0.633. The zero-order valence-corrected chi connectivity index (χ0v) is 13.3. The first-order valence-electron chi connectivity index (χ1n) is 7.71. The molecule has 0 aromatic heterocycles. The summed E-state index contributed by atoms with van der Waals surface area (Å²) in [7, 11) is 0. The van der Waals surface area contributed by atoms with Crippen molar-refractivity contribution < 1.29 is 4.79 Å². The van der Waals surface area contributed by atoms with Crippen molar-refractivity contribution in [3.63, 3.8) is 0 Å². The first-order valence-corrected chi connectivity index (χ1v) is 7.71. The number of amides is 1. The van der Waals surface area contributed by atoms with Gasteiger partial charge in [0.2, 0.25) is 5.91 Å². The summed E-state index contributed by atoms with van der Waals surface area (Å²) in [5.74, 6) is 0.532. The lowest BCUT2D eigenvalue weighted by molar-refractivity contribution is -0.140. The second kappa shape index (κ2) is 8.96. The van der Waals surface area contributed by atoms with Crippen LogP contribution in [0.15, 0.2) is 0 Å². The Labute approximate surface area is 119 Å². The Bertz CT molecular complexity index is 300. The van der Waals surface area contributed by atoms with Crippen LogP contribution in [-0.4, -0.2) is 23.9 Å². The van der Waals surface area contributed by atoms with Gasteiger partial charge in [-0.3, -0.25) is 4.79 Å². The molecule has 1 unspecified atom stereocenters. The largest absolute Gasteiger partial charge is 0.341 e. The summed E-state index contributed by atoms with van der Waals surface area (Å²) >= 11 is 0. The van der Waals surface area contributed by atoms with Crippen LogP contribution in [0.4, 0.5) is 0 Å². The van der Waals surface area contributed by atoms with Crippen LogP contribution in [0.25, 0.3) is 0 Å². The summed E-state index contributed by atoms with van der Waals surface area (Å²) in [5.41, 5.74) is -0.799. The van der Waals surface area contributed by atoms with E-state index in [9.17, 15) is 10.1 Å². The topological polar surface area (TPSA) is 44.1 Å². The summed E-state index contributed by atoms with van der Waals surface area (Å²) in [6.07, 6.45) is 4.16. The first-order chi connectivity index (χ1) is 9.01. The van der Waals surface area contributed by atoms with Crippen LogP contribution in [0.3, 0.4) is 0 Å². The van der Waals surface area contributed by atoms with Gasteiger partial charge in [0.1, 0.15) is 5.41 Å². The van der Waals surface area contributed by atoms with Gasteiger partial charge in [-0.05, 0) is 25.7 Å². The van der Waals surface area contributed by atoms with E-state index in [0.29, 0.717) is 25.3 Å². The summed E-state index contributed by atoms with van der Waals surface area (Å²) in [6.45, 7) is 11.8. The third-order valence-corrected chi connectivity index (χ3v) is 3.87. The predicted octanol–water partition coefficient (Wildman–Crippen LogP) is 3.99. The van der Waals surface area contributed by atoms with E-state index in [0.717, 1.165) is 25.8 Å². The molecule has 0 aliphatic heterocycles. The molecule has 19 heavy (non-hydrogen) atoms. The lowest BCUT2D eigenvalue weighted by Crippen LogP contribution is -2.45. The number of hydrogen-bond acceptors (Lipinski definition) is 2. The van der Waals surface area contributed by atoms with Crippen LogP contribution in [0, 0.1) is 22.7 Å². The Morgan fingerprint density at radius 2 is 1.74 bits per heavy atom. The fourth-order valence-corrected chi connectivity index (χ4v) is 2.52. The monoisotopic (exact) mass is 266 g/mol. The van der Waals surface area contributed by atoms with Gasteiger partial charge in [-0.25, -0.2) is 0 Å². The minimum atomic E-state index is -0.799. The molecule has 0 aromatic carbocycles. The van der Waals surface area contributed by atoms with Gasteiger partial charge in [0.05, 0.1) is 6.07 Å². The molecule has 3 nitrogen and oxygen atoms in total. The first kappa shape index (κ1) is 18.0. The Morgan fingerprint density at radius 1 is 1.21 bits per heavy atom. The zero-order valence-electron chi connectivity index (χ0n) is 13.3. The molecule has 0 saturated carbocycles. The maximum absolute atomic E-state index is 12.8. The molecule has 0 bridgehead atoms. The van der Waals surface area contributed by atoms with E-state index in [2.05, 4.69) is 19.9 Å². The molecule has 110 valence electrons. The third kappa shape index (κ3) is 4.86. The van der Waals surface area contributed by atoms with Crippen molar-refractivity contribution in [2.24, 2.45) is 11.3 Å². The summed E-state index contributed by atoms with van der Waals surface area (Å²) in [6, 6.07) is 2.33. The molecule has 0 rings (SSSR count). The maximum Gasteiger partial charge on any atom is 0.243 e. The fourth-order valence-electron chi connectivity index (χ4n) is 2.52. The third-order valence-electron chi connectivity index (χ3n) is 3.87. The van der Waals surface area contributed by atoms with Crippen LogP contribution in [0.5, 0.6) is 0 Å². The standard InChI is InChI=1S/C16H30N2O/c1-6-10-16(13-17,11-7-2)15(19)18(9-4)12-14(5)8-3/h14H,6-12H2,1-5H3. The van der Waals surface area contributed by atoms with Gasteiger partial charge in [-0.2, -0.15) is 5.26 Å². The van der Waals surface area contributed by atoms with Crippen molar-refractivity contribution >= 4 is 5.91 Å². The van der Waals surface area contributed by atoms with Crippen LogP contribution in [0.1, 0.15) is 66.7 Å². The number of nitriles is 1. The van der Waals surface area contributed by atoms with Gasteiger partial charge in [-0.15, -0.1) is 0 Å². The van der Waals surface area contributed by atoms with Gasteiger partial charge in [-0.1, -0.05) is 47.0 Å². The summed E-state index contributed by atoms with van der Waals surface area (Å²) in [4.78, 5) is 14.6. The highest BCUT2D eigenvalue weighted by atomic mass is 16.2. The van der Waals surface area contributed by atoms with Crippen LogP contribution < -0.4 is 0 Å². The molecular formula is C16H30N2O. The van der Waals surface area contributed by atoms with Crippen molar-refractivity contribution in [2.45, 2.75) is 66.7 Å². The molecule has 0 N–H and O–H groups in total. The van der Waals surface area contributed by atoms with Crippen LogP contribution in [-0.2, 0) is 4.79 Å². The zero-order chi connectivity index (χ0) is 14.9. The van der Waals surface area contributed by atoms with Gasteiger partial charge in [0, 0.05) is 13.1 Å². The van der Waals surface area contributed by atoms with E-state index in [1.807, 2.05) is 25.7 Å². The lowest BCUT2D eigenvalue weighted by Gasteiger charge is -2.33. The molecule has 1 atom stereocenters. The number of carbonyl (C=O) groups excluding carboxylic acids is 1. The van der Waals surface area contributed by atoms with Gasteiger partial charge < -0.3 is 4.90 Å². The van der Waals surface area contributed by atoms with Gasteiger partial charge in [0.15, 0.2) is 0 Å². The number of carbonyl (C=O) groups is 1. The molecule has 0 aromatic rings. The second-order valence-electron chi connectivity index (χ2n) is 5.55. The molecule has 0 aliphatic carbocycles. The van der Waals surface area contributed by atoms with E-state index < -0.39 is 5.41 Å². The Balaban J connectivity index is 5.09. The molecular weight excluding hydrogens is 236 g/mol. The minimum absolute atomic E-state index is 0.0431. The van der Waals surface area contributed by atoms with Crippen LogP contribution in [0.2, 0.25) is 0 Å². The minimum Gasteiger partial charge on any atom is -0.341 e. The van der Waals surface area contributed by atoms with E-state index in [1.54, 1.807) is 0 Å². The highest BCUT2D eigenvalue weighted by molar-refractivity contribution is 5.85. The second-order valence-corrected chi connectivity index (χ2v) is 5.55. The summed E-state index contributed by atoms with van der Waals surface area (Å²) < 4.78 is 0. The van der Waals surface area contributed by atoms with Crippen molar-refractivity contribution in [1.29, 1.82) is 5.26 Å². The molecule has 0 aliphatic rings. The van der Waals surface area contributed by atoms with Crippen molar-refractivity contribution in [1.82, 2.24) is 4.90 Å². The number of hydrogen-bond donors (Lipinski definition) is 0. The molecule has 0 spiro atoms. The molecule has 3 heteroatoms. The molecule has 0 fully saturated rings. The van der Waals surface area contributed by atoms with E-state index in [4.69, 9.17) is 0 Å². The average molecular weight is 266 g/mol. The van der Waals surface area contributed by atoms with E-state index >= 15 is 0 Å². The highest BCUT2D eigenvalue weighted by Crippen LogP contribution is 2.32. The SMILES string of the molecule is CCCC(C#N)(CCC)C(=O)N(CC)CC(C)CC. The van der Waals surface area contributed by atoms with Gasteiger partial charge >= 0.3 is 0 Å². The number of rotatable bonds is 9. The Kier molecular flexibility index (Phi) is 8.47. The molecule has 0 heterocycles. The Morgan fingerprint density at radius 3 is 2.05 bits per heavy atom. The fraction of sp³-hybridized carbons (Fsp3) is 0.875.